The second-order valence-electron chi connectivity index (χ2n) is 6.30. The van der Waals surface area contributed by atoms with Gasteiger partial charge in [0.05, 0.1) is 0 Å². The van der Waals surface area contributed by atoms with Gasteiger partial charge in [0, 0.05) is 25.1 Å². The lowest BCUT2D eigenvalue weighted by Gasteiger charge is -2.36. The highest BCUT2D eigenvalue weighted by atomic mass is 16.1. The first-order valence-electron chi connectivity index (χ1n) is 8.01. The van der Waals surface area contributed by atoms with Gasteiger partial charge in [0.25, 0.3) is 0 Å². The predicted octanol–water partition coefficient (Wildman–Crippen LogP) is 3.05. The highest BCUT2D eigenvalue weighted by Crippen LogP contribution is 2.40. The van der Waals surface area contributed by atoms with Crippen LogP contribution in [-0.4, -0.2) is 24.4 Å². The summed E-state index contributed by atoms with van der Waals surface area (Å²) >= 11 is 0. The van der Waals surface area contributed by atoms with E-state index < -0.39 is 5.91 Å². The maximum atomic E-state index is 10.7. The Kier molecular flexibility index (Phi) is 4.61. The summed E-state index contributed by atoms with van der Waals surface area (Å²) in [6.45, 7) is 2.01. The van der Waals surface area contributed by atoms with Gasteiger partial charge in [-0.2, -0.15) is 0 Å². The molecule has 1 aromatic rings. The van der Waals surface area contributed by atoms with E-state index >= 15 is 0 Å². The zero-order chi connectivity index (χ0) is 16.2. The van der Waals surface area contributed by atoms with Crippen molar-refractivity contribution in [2.24, 2.45) is 11.7 Å². The Labute approximate surface area is 137 Å². The number of hydrogen-bond donors (Lipinski definition) is 1. The van der Waals surface area contributed by atoms with Crippen molar-refractivity contribution < 1.29 is 4.79 Å². The molecular weight excluding hydrogens is 284 g/mol. The SMILES string of the molecule is CN(Cc1ccc(/C=C/C(N)=O)cc1)CC1CC2=C=CCC=C21. The Hall–Kier alpha value is -2.35. The van der Waals surface area contributed by atoms with Gasteiger partial charge in [0.1, 0.15) is 0 Å². The smallest absolute Gasteiger partial charge is 0.241 e. The van der Waals surface area contributed by atoms with Crippen molar-refractivity contribution in [3.63, 3.8) is 0 Å². The number of allylic oxidation sites excluding steroid dienone is 2. The molecule has 1 aromatic carbocycles. The van der Waals surface area contributed by atoms with Crippen molar-refractivity contribution in [1.29, 1.82) is 0 Å². The van der Waals surface area contributed by atoms with Crippen molar-refractivity contribution in [2.45, 2.75) is 19.4 Å². The fourth-order valence-electron chi connectivity index (χ4n) is 3.22. The van der Waals surface area contributed by atoms with Gasteiger partial charge in [-0.15, -0.1) is 5.73 Å². The van der Waals surface area contributed by atoms with Crippen molar-refractivity contribution in [3.8, 4) is 0 Å². The molecule has 0 heterocycles. The molecule has 0 bridgehead atoms. The Balaban J connectivity index is 1.53. The maximum absolute atomic E-state index is 10.7. The molecule has 23 heavy (non-hydrogen) atoms. The molecule has 0 spiro atoms. The van der Waals surface area contributed by atoms with Crippen molar-refractivity contribution in [1.82, 2.24) is 4.90 Å². The maximum Gasteiger partial charge on any atom is 0.241 e. The number of amides is 1. The van der Waals surface area contributed by atoms with Crippen molar-refractivity contribution in [3.05, 3.63) is 70.5 Å². The number of carbonyl (C=O) groups excluding carboxylic acids is 1. The summed E-state index contributed by atoms with van der Waals surface area (Å²) in [6.07, 6.45) is 9.76. The summed E-state index contributed by atoms with van der Waals surface area (Å²) in [5, 5.41) is 0. The molecule has 3 nitrogen and oxygen atoms in total. The van der Waals surface area contributed by atoms with Crippen LogP contribution in [0.4, 0.5) is 0 Å². The van der Waals surface area contributed by atoms with Gasteiger partial charge in [-0.25, -0.2) is 0 Å². The van der Waals surface area contributed by atoms with E-state index in [1.165, 1.54) is 22.8 Å². The van der Waals surface area contributed by atoms with Crippen molar-refractivity contribution >= 4 is 12.0 Å². The summed E-state index contributed by atoms with van der Waals surface area (Å²) in [6, 6.07) is 8.24. The molecule has 0 aliphatic heterocycles. The van der Waals surface area contributed by atoms with Gasteiger partial charge in [-0.1, -0.05) is 30.3 Å². The van der Waals surface area contributed by atoms with Crippen LogP contribution < -0.4 is 5.73 Å². The summed E-state index contributed by atoms with van der Waals surface area (Å²) in [5.41, 5.74) is 13.6. The highest BCUT2D eigenvalue weighted by molar-refractivity contribution is 5.90. The number of nitrogens with zero attached hydrogens (tertiary/aromatic N) is 1. The fourth-order valence-corrected chi connectivity index (χ4v) is 3.22. The molecule has 1 amide bonds. The summed E-state index contributed by atoms with van der Waals surface area (Å²) < 4.78 is 0. The Morgan fingerprint density at radius 1 is 1.39 bits per heavy atom. The average molecular weight is 306 g/mol. The summed E-state index contributed by atoms with van der Waals surface area (Å²) in [4.78, 5) is 13.1. The number of primary amides is 1. The molecule has 2 N–H and O–H groups in total. The lowest BCUT2D eigenvalue weighted by Crippen LogP contribution is -2.32. The third-order valence-electron chi connectivity index (χ3n) is 4.38. The number of fused-ring (bicyclic) bond motifs is 1. The molecule has 1 fully saturated rings. The number of rotatable bonds is 6. The monoisotopic (exact) mass is 306 g/mol. The minimum Gasteiger partial charge on any atom is -0.366 e. The standard InChI is InChI=1S/C20H22N2O/c1-22(14-18-12-17-4-2-3-5-19(17)18)13-16-8-6-15(7-9-16)10-11-20(21)23/h2,5-11,18H,3,12-14H2,1H3,(H2,21,23)/b11-10+. The number of carbonyl (C=O) groups is 1. The van der Waals surface area contributed by atoms with E-state index in [-0.39, 0.29) is 0 Å². The minimum atomic E-state index is -0.422. The normalized spacial score (nSPS) is 19.3. The topological polar surface area (TPSA) is 46.3 Å². The van der Waals surface area contributed by atoms with Gasteiger partial charge in [0.2, 0.25) is 5.91 Å². The van der Waals surface area contributed by atoms with Crippen LogP contribution in [0, 0.1) is 5.92 Å². The molecule has 2 aliphatic rings. The van der Waals surface area contributed by atoms with Gasteiger partial charge in [-0.05, 0) is 54.3 Å². The Morgan fingerprint density at radius 3 is 2.87 bits per heavy atom. The van der Waals surface area contributed by atoms with Crippen molar-refractivity contribution in [2.75, 3.05) is 13.6 Å². The van der Waals surface area contributed by atoms with Gasteiger partial charge in [-0.3, -0.25) is 4.79 Å². The summed E-state index contributed by atoms with van der Waals surface area (Å²) in [5.74, 6) is 0.239. The first-order valence-corrected chi connectivity index (χ1v) is 8.01. The van der Waals surface area contributed by atoms with Crippen LogP contribution >= 0.6 is 0 Å². The molecule has 118 valence electrons. The lowest BCUT2D eigenvalue weighted by molar-refractivity contribution is -0.113. The quantitative estimate of drug-likeness (QED) is 0.648. The number of benzene rings is 1. The minimum absolute atomic E-state index is 0.422. The molecule has 1 unspecified atom stereocenters. The number of nitrogens with two attached hydrogens (primary N) is 1. The van der Waals surface area contributed by atoms with E-state index in [1.54, 1.807) is 6.08 Å². The molecule has 0 aromatic heterocycles. The van der Waals surface area contributed by atoms with E-state index in [0.717, 1.165) is 31.5 Å². The van der Waals surface area contributed by atoms with Crippen LogP contribution in [0.3, 0.4) is 0 Å². The lowest BCUT2D eigenvalue weighted by atomic mass is 9.73. The van der Waals surface area contributed by atoms with E-state index in [1.807, 2.05) is 12.1 Å². The summed E-state index contributed by atoms with van der Waals surface area (Å²) in [7, 11) is 2.17. The first-order chi connectivity index (χ1) is 11.1. The van der Waals surface area contributed by atoms with E-state index in [4.69, 9.17) is 5.73 Å². The van der Waals surface area contributed by atoms with Crippen LogP contribution in [0.15, 0.2) is 59.4 Å². The van der Waals surface area contributed by atoms with Crippen LogP contribution in [-0.2, 0) is 11.3 Å². The highest BCUT2D eigenvalue weighted by Gasteiger charge is 2.30. The second-order valence-corrected chi connectivity index (χ2v) is 6.30. The van der Waals surface area contributed by atoms with Crippen LogP contribution in [0.1, 0.15) is 24.0 Å². The Bertz CT molecular complexity index is 719. The molecule has 3 heteroatoms. The van der Waals surface area contributed by atoms with E-state index in [0.29, 0.717) is 5.92 Å². The van der Waals surface area contributed by atoms with Crippen LogP contribution in [0.25, 0.3) is 6.08 Å². The van der Waals surface area contributed by atoms with Gasteiger partial charge < -0.3 is 10.6 Å². The molecule has 0 saturated heterocycles. The molecular formula is C20H22N2O. The predicted molar refractivity (Wildman–Crippen MR) is 93.4 cm³/mol. The van der Waals surface area contributed by atoms with Crippen LogP contribution in [0.5, 0.6) is 0 Å². The largest absolute Gasteiger partial charge is 0.366 e. The zero-order valence-electron chi connectivity index (χ0n) is 13.5. The Morgan fingerprint density at radius 2 is 2.17 bits per heavy atom. The van der Waals surface area contributed by atoms with Gasteiger partial charge in [0.15, 0.2) is 0 Å². The molecule has 3 rings (SSSR count). The fraction of sp³-hybridized carbons (Fsp3) is 0.300. The van der Waals surface area contributed by atoms with E-state index in [9.17, 15) is 4.79 Å². The number of hydrogen-bond acceptors (Lipinski definition) is 2. The molecule has 1 atom stereocenters. The molecule has 0 radical (unpaired) electrons. The van der Waals surface area contributed by atoms with Crippen LogP contribution in [0.2, 0.25) is 0 Å². The average Bonchev–Trinajstić information content (AvgIpc) is 2.52. The zero-order valence-corrected chi connectivity index (χ0v) is 13.5. The van der Waals surface area contributed by atoms with E-state index in [2.05, 4.69) is 42.0 Å². The third-order valence-corrected chi connectivity index (χ3v) is 4.38. The second kappa shape index (κ2) is 6.82. The van der Waals surface area contributed by atoms with Gasteiger partial charge >= 0.3 is 0 Å². The molecule has 1 saturated carbocycles. The first kappa shape index (κ1) is 15.5. The molecule has 2 aliphatic carbocycles. The third kappa shape index (κ3) is 3.89.